The van der Waals surface area contributed by atoms with E-state index >= 15 is 0 Å². The molecule has 1 aliphatic carbocycles. The Balaban J connectivity index is 1.19. The molecule has 242 valence electrons. The lowest BCUT2D eigenvalue weighted by Crippen LogP contribution is -2.15. The quantitative estimate of drug-likeness (QED) is 0.176. The lowest BCUT2D eigenvalue weighted by atomic mass is 9.82. The van der Waals surface area contributed by atoms with E-state index in [-0.39, 0.29) is 5.41 Å². The summed E-state index contributed by atoms with van der Waals surface area (Å²) in [6, 6.07) is 64.9. The van der Waals surface area contributed by atoms with Gasteiger partial charge in [0.1, 0.15) is 0 Å². The standard InChI is InChI=1S/C49H35NS/c1-49(2)42-29-28-38(31-41(42)47-39(17-10-18-43(47)49)34-13-4-3-5-14-34)50(44-19-11-21-46-48(44)40-16-8-9-20-45(40)51-46)37-26-24-33(25-27-37)36-23-22-32-12-6-7-15-35(32)30-36/h3-31H,1-2H3. The molecule has 1 aromatic heterocycles. The van der Waals surface area contributed by atoms with E-state index in [0.717, 1.165) is 11.4 Å². The number of rotatable bonds is 5. The second-order valence-corrected chi connectivity index (χ2v) is 15.2. The smallest absolute Gasteiger partial charge is 0.0554 e. The van der Waals surface area contributed by atoms with Crippen LogP contribution in [0.4, 0.5) is 17.1 Å². The van der Waals surface area contributed by atoms with Crippen LogP contribution in [-0.2, 0) is 5.41 Å². The highest BCUT2D eigenvalue weighted by molar-refractivity contribution is 7.26. The van der Waals surface area contributed by atoms with Crippen LogP contribution in [0.15, 0.2) is 176 Å². The number of fused-ring (bicyclic) bond motifs is 7. The first kappa shape index (κ1) is 29.9. The number of benzene rings is 8. The molecule has 10 rings (SSSR count). The van der Waals surface area contributed by atoms with E-state index < -0.39 is 0 Å². The molecule has 0 radical (unpaired) electrons. The van der Waals surface area contributed by atoms with Gasteiger partial charge in [0.05, 0.1) is 5.69 Å². The van der Waals surface area contributed by atoms with Crippen LogP contribution in [0.25, 0.3) is 64.3 Å². The van der Waals surface area contributed by atoms with Crippen LogP contribution in [0.5, 0.6) is 0 Å². The van der Waals surface area contributed by atoms with Gasteiger partial charge in [0.15, 0.2) is 0 Å². The molecule has 0 bridgehead atoms. The second kappa shape index (κ2) is 11.6. The van der Waals surface area contributed by atoms with E-state index in [4.69, 9.17) is 0 Å². The highest BCUT2D eigenvalue weighted by atomic mass is 32.1. The van der Waals surface area contributed by atoms with Gasteiger partial charge in [-0.25, -0.2) is 0 Å². The SMILES string of the molecule is CC1(C)c2ccc(N(c3ccc(-c4ccc5ccccc5c4)cc3)c3cccc4sc5ccccc5c34)cc2-c2c(-c3ccccc3)cccc21. The van der Waals surface area contributed by atoms with E-state index in [2.05, 4.69) is 195 Å². The van der Waals surface area contributed by atoms with Gasteiger partial charge in [-0.2, -0.15) is 0 Å². The second-order valence-electron chi connectivity index (χ2n) is 14.1. The maximum absolute atomic E-state index is 2.47. The molecule has 0 saturated heterocycles. The van der Waals surface area contributed by atoms with E-state index in [9.17, 15) is 0 Å². The third kappa shape index (κ3) is 4.75. The molecule has 0 N–H and O–H groups in total. The van der Waals surface area contributed by atoms with E-state index in [1.54, 1.807) is 0 Å². The number of hydrogen-bond acceptors (Lipinski definition) is 2. The van der Waals surface area contributed by atoms with Crippen LogP contribution >= 0.6 is 11.3 Å². The average molecular weight is 670 g/mol. The zero-order chi connectivity index (χ0) is 34.1. The third-order valence-corrected chi connectivity index (χ3v) is 12.0. The topological polar surface area (TPSA) is 3.24 Å². The molecular formula is C49H35NS. The molecule has 0 amide bonds. The summed E-state index contributed by atoms with van der Waals surface area (Å²) < 4.78 is 2.61. The maximum Gasteiger partial charge on any atom is 0.0554 e. The molecule has 2 heteroatoms. The van der Waals surface area contributed by atoms with E-state index in [0.29, 0.717) is 0 Å². The maximum atomic E-state index is 2.47. The van der Waals surface area contributed by atoms with Crippen LogP contribution in [-0.4, -0.2) is 0 Å². The molecule has 8 aromatic carbocycles. The van der Waals surface area contributed by atoms with Crippen LogP contribution in [0.2, 0.25) is 0 Å². The first-order valence-electron chi connectivity index (χ1n) is 17.7. The Hall–Kier alpha value is -5.96. The van der Waals surface area contributed by atoms with Gasteiger partial charge in [0.2, 0.25) is 0 Å². The Bertz CT molecular complexity index is 2770. The minimum absolute atomic E-state index is 0.107. The summed E-state index contributed by atoms with van der Waals surface area (Å²) in [7, 11) is 0. The van der Waals surface area contributed by atoms with Crippen LogP contribution in [0.1, 0.15) is 25.0 Å². The largest absolute Gasteiger partial charge is 0.310 e. The summed E-state index contributed by atoms with van der Waals surface area (Å²) in [5.41, 5.74) is 13.8. The molecule has 1 aliphatic rings. The van der Waals surface area contributed by atoms with Crippen molar-refractivity contribution in [2.45, 2.75) is 19.3 Å². The Labute approximate surface area is 302 Å². The van der Waals surface area contributed by atoms with Gasteiger partial charge in [0, 0.05) is 37.0 Å². The minimum Gasteiger partial charge on any atom is -0.310 e. The molecule has 0 aliphatic heterocycles. The summed E-state index contributed by atoms with van der Waals surface area (Å²) in [6.45, 7) is 4.74. The van der Waals surface area contributed by atoms with Crippen LogP contribution < -0.4 is 4.90 Å². The number of thiophene rings is 1. The first-order valence-corrected chi connectivity index (χ1v) is 18.5. The molecule has 0 fully saturated rings. The van der Waals surface area contributed by atoms with Crippen molar-refractivity contribution in [2.75, 3.05) is 4.90 Å². The molecular weight excluding hydrogens is 635 g/mol. The number of anilines is 3. The normalized spacial score (nSPS) is 13.1. The first-order chi connectivity index (χ1) is 25.0. The monoisotopic (exact) mass is 669 g/mol. The number of hydrogen-bond donors (Lipinski definition) is 0. The summed E-state index contributed by atoms with van der Waals surface area (Å²) in [4.78, 5) is 2.47. The van der Waals surface area contributed by atoms with Crippen LogP contribution in [0.3, 0.4) is 0 Å². The Morgan fingerprint density at radius 1 is 0.451 bits per heavy atom. The predicted molar refractivity (Wildman–Crippen MR) is 220 cm³/mol. The zero-order valence-electron chi connectivity index (χ0n) is 28.6. The van der Waals surface area contributed by atoms with Gasteiger partial charge < -0.3 is 4.90 Å². The Morgan fingerprint density at radius 3 is 2.02 bits per heavy atom. The molecule has 51 heavy (non-hydrogen) atoms. The fraction of sp³-hybridized carbons (Fsp3) is 0.0612. The lowest BCUT2D eigenvalue weighted by molar-refractivity contribution is 0.660. The fourth-order valence-electron chi connectivity index (χ4n) is 8.33. The van der Waals surface area contributed by atoms with Crippen molar-refractivity contribution in [2.24, 2.45) is 0 Å². The minimum atomic E-state index is -0.107. The molecule has 0 unspecified atom stereocenters. The van der Waals surface area contributed by atoms with Gasteiger partial charge in [-0.05, 0) is 104 Å². The van der Waals surface area contributed by atoms with Crippen molar-refractivity contribution in [3.8, 4) is 33.4 Å². The molecule has 0 saturated carbocycles. The van der Waals surface area contributed by atoms with Crippen molar-refractivity contribution >= 4 is 59.3 Å². The molecule has 1 heterocycles. The lowest BCUT2D eigenvalue weighted by Gasteiger charge is -2.28. The summed E-state index contributed by atoms with van der Waals surface area (Å²) >= 11 is 1.87. The summed E-state index contributed by atoms with van der Waals surface area (Å²) in [6.07, 6.45) is 0. The van der Waals surface area contributed by atoms with Crippen molar-refractivity contribution in [1.82, 2.24) is 0 Å². The van der Waals surface area contributed by atoms with Crippen LogP contribution in [0, 0.1) is 0 Å². The zero-order valence-corrected chi connectivity index (χ0v) is 29.4. The Kier molecular flexibility index (Phi) is 6.78. The fourth-order valence-corrected chi connectivity index (χ4v) is 9.46. The highest BCUT2D eigenvalue weighted by Gasteiger charge is 2.37. The Morgan fingerprint density at radius 2 is 1.16 bits per heavy atom. The predicted octanol–water partition coefficient (Wildman–Crippen LogP) is 14.3. The van der Waals surface area contributed by atoms with Gasteiger partial charge in [-0.15, -0.1) is 11.3 Å². The van der Waals surface area contributed by atoms with Crippen molar-refractivity contribution < 1.29 is 0 Å². The summed E-state index contributed by atoms with van der Waals surface area (Å²) in [5.74, 6) is 0. The van der Waals surface area contributed by atoms with Gasteiger partial charge >= 0.3 is 0 Å². The van der Waals surface area contributed by atoms with Gasteiger partial charge in [-0.1, -0.05) is 141 Å². The number of nitrogens with zero attached hydrogens (tertiary/aromatic N) is 1. The van der Waals surface area contributed by atoms with E-state index in [1.807, 2.05) is 11.3 Å². The van der Waals surface area contributed by atoms with Gasteiger partial charge in [0.25, 0.3) is 0 Å². The summed E-state index contributed by atoms with van der Waals surface area (Å²) in [5, 5.41) is 5.11. The van der Waals surface area contributed by atoms with Crippen molar-refractivity contribution in [1.29, 1.82) is 0 Å². The van der Waals surface area contributed by atoms with Gasteiger partial charge in [-0.3, -0.25) is 0 Å². The van der Waals surface area contributed by atoms with Crippen molar-refractivity contribution in [3.63, 3.8) is 0 Å². The highest BCUT2D eigenvalue weighted by Crippen LogP contribution is 2.54. The molecule has 1 nitrogen and oxygen atoms in total. The van der Waals surface area contributed by atoms with Crippen molar-refractivity contribution in [3.05, 3.63) is 187 Å². The molecule has 0 atom stereocenters. The van der Waals surface area contributed by atoms with E-state index in [1.165, 1.54) is 81.1 Å². The molecule has 0 spiro atoms. The third-order valence-electron chi connectivity index (χ3n) is 10.9. The average Bonchev–Trinajstić information content (AvgIpc) is 3.68. The molecule has 9 aromatic rings.